The normalized spacial score (nSPS) is 12.0. The Morgan fingerprint density at radius 2 is 1.62 bits per heavy atom. The van der Waals surface area contributed by atoms with Gasteiger partial charge >= 0.3 is 10.1 Å². The summed E-state index contributed by atoms with van der Waals surface area (Å²) in [6.07, 6.45) is 0. The molecule has 2 rings (SSSR count). The summed E-state index contributed by atoms with van der Waals surface area (Å²) in [5.41, 5.74) is 1.06. The molecule has 0 N–H and O–H groups in total. The van der Waals surface area contributed by atoms with Gasteiger partial charge in [0.15, 0.2) is 0 Å². The van der Waals surface area contributed by atoms with E-state index >= 15 is 0 Å². The van der Waals surface area contributed by atoms with Gasteiger partial charge in [-0.15, -0.1) is 0 Å². The average Bonchev–Trinajstić information content (AvgIpc) is 2.46. The summed E-state index contributed by atoms with van der Waals surface area (Å²) in [6.45, 7) is 7.70. The predicted octanol–water partition coefficient (Wildman–Crippen LogP) is 3.97. The van der Waals surface area contributed by atoms with Crippen LogP contribution in [0.2, 0.25) is 0 Å². The lowest BCUT2D eigenvalue weighted by Crippen LogP contribution is -2.13. The van der Waals surface area contributed by atoms with Crippen molar-refractivity contribution in [3.63, 3.8) is 0 Å². The Kier molecular flexibility index (Phi) is 4.66. The van der Waals surface area contributed by atoms with Gasteiger partial charge in [-0.2, -0.15) is 8.42 Å². The number of nitro groups is 1. The molecule has 2 aromatic carbocycles. The number of non-ortho nitro benzene ring substituents is 1. The third kappa shape index (κ3) is 3.91. The maximum atomic E-state index is 12.4. The van der Waals surface area contributed by atoms with E-state index in [-0.39, 0.29) is 21.7 Å². The summed E-state index contributed by atoms with van der Waals surface area (Å²) in [5.74, 6) is 0.161. The lowest BCUT2D eigenvalue weighted by Gasteiger charge is -2.19. The van der Waals surface area contributed by atoms with Gasteiger partial charge in [-0.3, -0.25) is 10.1 Å². The highest BCUT2D eigenvalue weighted by molar-refractivity contribution is 7.87. The molecule has 7 heteroatoms. The fourth-order valence-corrected chi connectivity index (χ4v) is 3.34. The van der Waals surface area contributed by atoms with Crippen molar-refractivity contribution in [3.05, 3.63) is 63.7 Å². The zero-order valence-electron chi connectivity index (χ0n) is 13.9. The molecule has 0 unspecified atom stereocenters. The van der Waals surface area contributed by atoms with E-state index in [1.165, 1.54) is 12.1 Å². The fourth-order valence-electron chi connectivity index (χ4n) is 2.15. The summed E-state index contributed by atoms with van der Waals surface area (Å²) in [6, 6.07) is 10.4. The van der Waals surface area contributed by atoms with Crippen molar-refractivity contribution in [3.8, 4) is 5.75 Å². The van der Waals surface area contributed by atoms with Crippen LogP contribution < -0.4 is 4.18 Å². The lowest BCUT2D eigenvalue weighted by atomic mass is 9.87. The van der Waals surface area contributed by atoms with Crippen molar-refractivity contribution in [2.45, 2.75) is 38.0 Å². The number of hydrogen-bond acceptors (Lipinski definition) is 5. The predicted molar refractivity (Wildman–Crippen MR) is 90.8 cm³/mol. The molecule has 0 radical (unpaired) electrons. The number of hydrogen-bond donors (Lipinski definition) is 0. The molecule has 0 aliphatic carbocycles. The van der Waals surface area contributed by atoms with Gasteiger partial charge in [0.25, 0.3) is 5.69 Å². The molecule has 24 heavy (non-hydrogen) atoms. The number of benzene rings is 2. The lowest BCUT2D eigenvalue weighted by molar-refractivity contribution is -0.385. The summed E-state index contributed by atoms with van der Waals surface area (Å²) >= 11 is 0. The minimum absolute atomic E-state index is 0.0615. The first kappa shape index (κ1) is 17.9. The Bertz CT molecular complexity index is 865. The van der Waals surface area contributed by atoms with Crippen LogP contribution in [-0.2, 0) is 15.5 Å². The average molecular weight is 349 g/mol. The summed E-state index contributed by atoms with van der Waals surface area (Å²) in [5, 5.41) is 10.9. The van der Waals surface area contributed by atoms with Crippen LogP contribution in [0.1, 0.15) is 31.9 Å². The van der Waals surface area contributed by atoms with E-state index < -0.39 is 15.0 Å². The van der Waals surface area contributed by atoms with Crippen LogP contribution in [0.25, 0.3) is 0 Å². The highest BCUT2D eigenvalue weighted by atomic mass is 32.2. The second-order valence-corrected chi connectivity index (χ2v) is 8.03. The molecule has 0 saturated heterocycles. The number of nitrogens with zero attached hydrogens (tertiary/aromatic N) is 1. The van der Waals surface area contributed by atoms with Crippen molar-refractivity contribution in [2.24, 2.45) is 0 Å². The largest absolute Gasteiger partial charge is 0.379 e. The molecule has 0 bridgehead atoms. The molecule has 0 aliphatic heterocycles. The van der Waals surface area contributed by atoms with E-state index in [1.807, 2.05) is 20.8 Å². The first-order valence-corrected chi connectivity index (χ1v) is 8.71. The zero-order chi connectivity index (χ0) is 18.1. The Labute approximate surface area is 141 Å². The minimum Gasteiger partial charge on any atom is -0.379 e. The zero-order valence-corrected chi connectivity index (χ0v) is 14.8. The maximum absolute atomic E-state index is 12.4. The molecule has 0 saturated carbocycles. The monoisotopic (exact) mass is 349 g/mol. The summed E-state index contributed by atoms with van der Waals surface area (Å²) < 4.78 is 30.0. The Morgan fingerprint density at radius 3 is 2.12 bits per heavy atom. The van der Waals surface area contributed by atoms with Crippen LogP contribution >= 0.6 is 0 Å². The summed E-state index contributed by atoms with van der Waals surface area (Å²) in [7, 11) is -4.15. The quantitative estimate of drug-likeness (QED) is 0.473. The number of nitro benzene ring substituents is 1. The molecular formula is C17H19NO5S. The first-order valence-electron chi connectivity index (χ1n) is 7.31. The van der Waals surface area contributed by atoms with Gasteiger partial charge in [0.05, 0.1) is 4.92 Å². The van der Waals surface area contributed by atoms with E-state index in [2.05, 4.69) is 0 Å². The molecule has 0 atom stereocenters. The third-order valence-electron chi connectivity index (χ3n) is 3.58. The number of rotatable bonds is 4. The van der Waals surface area contributed by atoms with Gasteiger partial charge in [-0.25, -0.2) is 0 Å². The third-order valence-corrected chi connectivity index (χ3v) is 4.97. The van der Waals surface area contributed by atoms with Crippen LogP contribution in [0.15, 0.2) is 47.4 Å². The molecule has 0 fully saturated rings. The highest BCUT2D eigenvalue weighted by Gasteiger charge is 2.23. The molecule has 6 nitrogen and oxygen atoms in total. The smallest absolute Gasteiger partial charge is 0.339 e. The second-order valence-electron chi connectivity index (χ2n) is 6.52. The highest BCUT2D eigenvalue weighted by Crippen LogP contribution is 2.28. The summed E-state index contributed by atoms with van der Waals surface area (Å²) in [4.78, 5) is 10.00. The van der Waals surface area contributed by atoms with Crippen molar-refractivity contribution < 1.29 is 17.5 Å². The van der Waals surface area contributed by atoms with Gasteiger partial charge < -0.3 is 4.18 Å². The fraction of sp³-hybridized carbons (Fsp3) is 0.294. The first-order chi connectivity index (χ1) is 11.0. The van der Waals surface area contributed by atoms with E-state index in [1.54, 1.807) is 31.2 Å². The molecule has 0 amide bonds. The topological polar surface area (TPSA) is 86.5 Å². The van der Waals surface area contributed by atoms with Crippen LogP contribution in [0.5, 0.6) is 5.75 Å². The molecule has 2 aromatic rings. The Hall–Kier alpha value is -2.41. The van der Waals surface area contributed by atoms with Gasteiger partial charge in [-0.1, -0.05) is 39.0 Å². The van der Waals surface area contributed by atoms with Crippen LogP contribution in [0.4, 0.5) is 5.69 Å². The molecule has 128 valence electrons. The molecule has 0 spiro atoms. The minimum atomic E-state index is -4.15. The van der Waals surface area contributed by atoms with Crippen molar-refractivity contribution in [1.82, 2.24) is 0 Å². The molecule has 0 heterocycles. The van der Waals surface area contributed by atoms with Crippen LogP contribution in [-0.4, -0.2) is 13.3 Å². The SMILES string of the molecule is Cc1ccc([N+](=O)[O-])cc1S(=O)(=O)Oc1ccc(C(C)(C)C)cc1. The van der Waals surface area contributed by atoms with E-state index in [0.717, 1.165) is 11.6 Å². The van der Waals surface area contributed by atoms with Crippen molar-refractivity contribution in [1.29, 1.82) is 0 Å². The maximum Gasteiger partial charge on any atom is 0.339 e. The van der Waals surface area contributed by atoms with Gasteiger partial charge in [0, 0.05) is 12.1 Å². The molecule has 0 aromatic heterocycles. The standard InChI is InChI=1S/C17H19NO5S/c1-12-5-8-14(18(19)20)11-16(12)24(21,22)23-15-9-6-13(7-10-15)17(2,3)4/h5-11H,1-4H3. The van der Waals surface area contributed by atoms with Crippen LogP contribution in [0, 0.1) is 17.0 Å². The van der Waals surface area contributed by atoms with Crippen molar-refractivity contribution >= 4 is 15.8 Å². The van der Waals surface area contributed by atoms with Crippen molar-refractivity contribution in [2.75, 3.05) is 0 Å². The number of aryl methyl sites for hydroxylation is 1. The molecule has 0 aliphatic rings. The Balaban J connectivity index is 2.35. The van der Waals surface area contributed by atoms with Gasteiger partial charge in [-0.05, 0) is 35.6 Å². The Morgan fingerprint density at radius 1 is 1.04 bits per heavy atom. The van der Waals surface area contributed by atoms with E-state index in [0.29, 0.717) is 5.56 Å². The van der Waals surface area contributed by atoms with E-state index in [9.17, 15) is 18.5 Å². The second kappa shape index (κ2) is 6.24. The van der Waals surface area contributed by atoms with E-state index in [4.69, 9.17) is 4.18 Å². The van der Waals surface area contributed by atoms with Gasteiger partial charge in [0.2, 0.25) is 0 Å². The van der Waals surface area contributed by atoms with Crippen LogP contribution in [0.3, 0.4) is 0 Å². The van der Waals surface area contributed by atoms with Gasteiger partial charge in [0.1, 0.15) is 10.6 Å². The molecular weight excluding hydrogens is 330 g/mol.